The predicted octanol–water partition coefficient (Wildman–Crippen LogP) is 0.762. The summed E-state index contributed by atoms with van der Waals surface area (Å²) >= 11 is 0. The van der Waals surface area contributed by atoms with Gasteiger partial charge < -0.3 is 10.6 Å². The summed E-state index contributed by atoms with van der Waals surface area (Å²) in [6.45, 7) is 4.60. The van der Waals surface area contributed by atoms with Gasteiger partial charge in [0.05, 0.1) is 0 Å². The highest BCUT2D eigenvalue weighted by Gasteiger charge is 2.10. The van der Waals surface area contributed by atoms with Crippen molar-refractivity contribution in [3.8, 4) is 5.82 Å². The summed E-state index contributed by atoms with van der Waals surface area (Å²) in [4.78, 5) is 20.1. The molecule has 1 amide bonds. The molecule has 0 atom stereocenters. The van der Waals surface area contributed by atoms with Crippen molar-refractivity contribution >= 4 is 11.9 Å². The summed E-state index contributed by atoms with van der Waals surface area (Å²) in [6.07, 6.45) is 1.70. The lowest BCUT2D eigenvalue weighted by Gasteiger charge is -2.06. The van der Waals surface area contributed by atoms with Gasteiger partial charge in [0.15, 0.2) is 11.5 Å². The quantitative estimate of drug-likeness (QED) is 0.848. The molecule has 0 bridgehead atoms. The number of anilines is 1. The lowest BCUT2D eigenvalue weighted by molar-refractivity contribution is 0.0957. The van der Waals surface area contributed by atoms with Crippen LogP contribution in [0, 0.1) is 6.92 Å². The summed E-state index contributed by atoms with van der Waals surface area (Å²) in [7, 11) is 1.57. The minimum atomic E-state index is -0.226. The van der Waals surface area contributed by atoms with E-state index < -0.39 is 0 Å². The maximum atomic E-state index is 11.5. The topological polar surface area (TPSA) is 84.7 Å². The Kier molecular flexibility index (Phi) is 3.74. The average molecular weight is 260 g/mol. The van der Waals surface area contributed by atoms with Crippen LogP contribution >= 0.6 is 0 Å². The summed E-state index contributed by atoms with van der Waals surface area (Å²) in [6, 6.07) is 3.45. The Hall–Kier alpha value is -2.44. The molecule has 0 aliphatic heterocycles. The maximum Gasteiger partial charge on any atom is 0.271 e. The van der Waals surface area contributed by atoms with Crippen molar-refractivity contribution in [2.24, 2.45) is 0 Å². The van der Waals surface area contributed by atoms with Crippen LogP contribution < -0.4 is 10.6 Å². The van der Waals surface area contributed by atoms with Crippen LogP contribution in [-0.4, -0.2) is 39.2 Å². The summed E-state index contributed by atoms with van der Waals surface area (Å²) < 4.78 is 1.56. The molecule has 19 heavy (non-hydrogen) atoms. The third kappa shape index (κ3) is 2.87. The molecule has 2 heterocycles. The van der Waals surface area contributed by atoms with Crippen LogP contribution in [0.4, 0.5) is 5.95 Å². The number of rotatable bonds is 4. The molecule has 2 N–H and O–H groups in total. The third-order valence-electron chi connectivity index (χ3n) is 2.46. The highest BCUT2D eigenvalue weighted by molar-refractivity contribution is 5.91. The molecule has 7 heteroatoms. The molecule has 0 radical (unpaired) electrons. The molecule has 100 valence electrons. The second-order valence-electron chi connectivity index (χ2n) is 3.95. The van der Waals surface area contributed by atoms with Crippen molar-refractivity contribution in [2.75, 3.05) is 18.9 Å². The number of aryl methyl sites for hydroxylation is 1. The van der Waals surface area contributed by atoms with Crippen LogP contribution in [0.5, 0.6) is 0 Å². The molecule has 0 aliphatic carbocycles. The second-order valence-corrected chi connectivity index (χ2v) is 3.95. The average Bonchev–Trinajstić information content (AvgIpc) is 2.87. The van der Waals surface area contributed by atoms with E-state index in [1.165, 1.54) is 0 Å². The first-order valence-electron chi connectivity index (χ1n) is 6.01. The molecule has 0 spiro atoms. The number of hydrogen-bond donors (Lipinski definition) is 2. The lowest BCUT2D eigenvalue weighted by atomic mass is 10.4. The SMILES string of the molecule is CCNc1nc(C)cc(-n2ccc(C(=O)NC)n2)n1. The number of hydrogen-bond acceptors (Lipinski definition) is 5. The number of carbonyl (C=O) groups excluding carboxylic acids is 1. The van der Waals surface area contributed by atoms with E-state index >= 15 is 0 Å². The van der Waals surface area contributed by atoms with Gasteiger partial charge in [0.2, 0.25) is 5.95 Å². The Morgan fingerprint density at radius 3 is 2.89 bits per heavy atom. The minimum Gasteiger partial charge on any atom is -0.354 e. The van der Waals surface area contributed by atoms with E-state index in [9.17, 15) is 4.79 Å². The smallest absolute Gasteiger partial charge is 0.271 e. The van der Waals surface area contributed by atoms with Crippen molar-refractivity contribution in [3.63, 3.8) is 0 Å². The van der Waals surface area contributed by atoms with Crippen LogP contribution in [0.2, 0.25) is 0 Å². The Morgan fingerprint density at radius 1 is 1.42 bits per heavy atom. The van der Waals surface area contributed by atoms with Gasteiger partial charge in [-0.05, 0) is 19.9 Å². The highest BCUT2D eigenvalue weighted by Crippen LogP contribution is 2.09. The number of nitrogens with one attached hydrogen (secondary N) is 2. The van der Waals surface area contributed by atoms with Gasteiger partial charge in [-0.1, -0.05) is 0 Å². The lowest BCUT2D eigenvalue weighted by Crippen LogP contribution is -2.18. The number of carbonyl (C=O) groups is 1. The number of nitrogens with zero attached hydrogens (tertiary/aromatic N) is 4. The van der Waals surface area contributed by atoms with E-state index in [1.54, 1.807) is 24.0 Å². The Labute approximate surface area is 111 Å². The fourth-order valence-corrected chi connectivity index (χ4v) is 1.61. The van der Waals surface area contributed by atoms with E-state index in [-0.39, 0.29) is 5.91 Å². The predicted molar refractivity (Wildman–Crippen MR) is 71.4 cm³/mol. The Morgan fingerprint density at radius 2 is 2.21 bits per heavy atom. The highest BCUT2D eigenvalue weighted by atomic mass is 16.1. The van der Waals surface area contributed by atoms with Crippen molar-refractivity contribution in [2.45, 2.75) is 13.8 Å². The molecule has 0 fully saturated rings. The standard InChI is InChI=1S/C12H16N6O/c1-4-14-12-15-8(2)7-10(16-12)18-6-5-9(17-18)11(19)13-3/h5-7H,4H2,1-3H3,(H,13,19)(H,14,15,16). The van der Waals surface area contributed by atoms with Crippen molar-refractivity contribution in [1.29, 1.82) is 0 Å². The summed E-state index contributed by atoms with van der Waals surface area (Å²) in [5.74, 6) is 0.949. The molecule has 0 saturated carbocycles. The second kappa shape index (κ2) is 5.47. The fourth-order valence-electron chi connectivity index (χ4n) is 1.61. The third-order valence-corrected chi connectivity index (χ3v) is 2.46. The zero-order valence-electron chi connectivity index (χ0n) is 11.1. The summed E-state index contributed by atoms with van der Waals surface area (Å²) in [5, 5.41) is 9.77. The maximum absolute atomic E-state index is 11.5. The molecule has 0 saturated heterocycles. The molecule has 2 aromatic heterocycles. The fraction of sp³-hybridized carbons (Fsp3) is 0.333. The molecule has 2 aromatic rings. The van der Waals surface area contributed by atoms with Crippen LogP contribution in [0.25, 0.3) is 5.82 Å². The first-order valence-corrected chi connectivity index (χ1v) is 6.01. The van der Waals surface area contributed by atoms with Gasteiger partial charge in [0, 0.05) is 31.5 Å². The van der Waals surface area contributed by atoms with E-state index in [2.05, 4.69) is 25.7 Å². The zero-order valence-corrected chi connectivity index (χ0v) is 11.1. The van der Waals surface area contributed by atoms with Gasteiger partial charge in [-0.15, -0.1) is 0 Å². The monoisotopic (exact) mass is 260 g/mol. The van der Waals surface area contributed by atoms with Gasteiger partial charge >= 0.3 is 0 Å². The molecule has 0 aliphatic rings. The van der Waals surface area contributed by atoms with Gasteiger partial charge in [0.1, 0.15) is 0 Å². The number of amides is 1. The van der Waals surface area contributed by atoms with Gasteiger partial charge in [0.25, 0.3) is 5.91 Å². The summed E-state index contributed by atoms with van der Waals surface area (Å²) in [5.41, 5.74) is 1.18. The van der Waals surface area contributed by atoms with Gasteiger partial charge in [-0.25, -0.2) is 9.67 Å². The van der Waals surface area contributed by atoms with E-state index in [4.69, 9.17) is 0 Å². The largest absolute Gasteiger partial charge is 0.354 e. The Bertz CT molecular complexity index is 592. The minimum absolute atomic E-state index is 0.226. The molecule has 0 unspecified atom stereocenters. The van der Waals surface area contributed by atoms with Crippen LogP contribution in [0.3, 0.4) is 0 Å². The van der Waals surface area contributed by atoms with Crippen LogP contribution in [-0.2, 0) is 0 Å². The normalized spacial score (nSPS) is 10.3. The molecule has 2 rings (SSSR count). The molecular weight excluding hydrogens is 244 g/mol. The molecule has 7 nitrogen and oxygen atoms in total. The van der Waals surface area contributed by atoms with Gasteiger partial charge in [-0.3, -0.25) is 4.79 Å². The zero-order chi connectivity index (χ0) is 13.8. The first-order chi connectivity index (χ1) is 9.13. The van der Waals surface area contributed by atoms with Crippen molar-refractivity contribution in [1.82, 2.24) is 25.1 Å². The molecular formula is C12H16N6O. The van der Waals surface area contributed by atoms with Gasteiger partial charge in [-0.2, -0.15) is 10.1 Å². The van der Waals surface area contributed by atoms with Crippen LogP contribution in [0.1, 0.15) is 23.1 Å². The van der Waals surface area contributed by atoms with E-state index in [0.717, 1.165) is 12.2 Å². The Balaban J connectivity index is 2.35. The van der Waals surface area contributed by atoms with E-state index in [0.29, 0.717) is 17.5 Å². The van der Waals surface area contributed by atoms with Crippen LogP contribution in [0.15, 0.2) is 18.3 Å². The molecule has 0 aromatic carbocycles. The van der Waals surface area contributed by atoms with Crippen molar-refractivity contribution in [3.05, 3.63) is 29.7 Å². The number of aromatic nitrogens is 4. The first kappa shape index (κ1) is 13.0. The van der Waals surface area contributed by atoms with Crippen molar-refractivity contribution < 1.29 is 4.79 Å². The van der Waals surface area contributed by atoms with E-state index in [1.807, 2.05) is 19.9 Å².